The number of carbonyl (C=O) groups excluding carboxylic acids is 1. The van der Waals surface area contributed by atoms with Crippen molar-refractivity contribution in [1.29, 1.82) is 0 Å². The molecular formula is C23H18Cl2N2O4S. The molecule has 3 aromatic rings. The van der Waals surface area contributed by atoms with Crippen LogP contribution in [-0.2, 0) is 9.53 Å². The van der Waals surface area contributed by atoms with Crippen LogP contribution in [0.5, 0.6) is 5.75 Å². The second-order valence-electron chi connectivity index (χ2n) is 6.98. The maximum atomic E-state index is 13.6. The molecule has 0 fully saturated rings. The number of hydrogen-bond donors (Lipinski definition) is 0. The smallest absolute Gasteiger partial charge is 0.338 e. The minimum absolute atomic E-state index is 0.241. The van der Waals surface area contributed by atoms with Gasteiger partial charge in [0.2, 0.25) is 0 Å². The molecule has 0 bridgehead atoms. The number of aromatic nitrogens is 1. The van der Waals surface area contributed by atoms with Gasteiger partial charge in [0.1, 0.15) is 11.8 Å². The molecule has 6 nitrogen and oxygen atoms in total. The van der Waals surface area contributed by atoms with E-state index >= 15 is 0 Å². The van der Waals surface area contributed by atoms with Gasteiger partial charge in [0, 0.05) is 15.6 Å². The highest BCUT2D eigenvalue weighted by Gasteiger charge is 2.35. The van der Waals surface area contributed by atoms with E-state index in [0.29, 0.717) is 42.0 Å². The van der Waals surface area contributed by atoms with E-state index in [0.717, 1.165) is 0 Å². The van der Waals surface area contributed by atoms with Gasteiger partial charge in [-0.05, 0) is 42.8 Å². The van der Waals surface area contributed by atoms with Crippen molar-refractivity contribution in [3.63, 3.8) is 0 Å². The van der Waals surface area contributed by atoms with E-state index in [1.807, 2.05) is 18.2 Å². The maximum Gasteiger partial charge on any atom is 0.338 e. The molecule has 32 heavy (non-hydrogen) atoms. The van der Waals surface area contributed by atoms with Gasteiger partial charge in [-0.25, -0.2) is 9.79 Å². The highest BCUT2D eigenvalue weighted by Crippen LogP contribution is 2.37. The predicted octanol–water partition coefficient (Wildman–Crippen LogP) is 3.72. The highest BCUT2D eigenvalue weighted by molar-refractivity contribution is 7.07. The zero-order valence-corrected chi connectivity index (χ0v) is 19.7. The Bertz CT molecular complexity index is 1440. The first kappa shape index (κ1) is 22.3. The van der Waals surface area contributed by atoms with Gasteiger partial charge in [-0.3, -0.25) is 9.36 Å². The molecule has 0 N–H and O–H groups in total. The van der Waals surface area contributed by atoms with Crippen LogP contribution in [0.2, 0.25) is 10.0 Å². The molecule has 1 aliphatic heterocycles. The number of thiazole rings is 1. The van der Waals surface area contributed by atoms with Crippen molar-refractivity contribution in [1.82, 2.24) is 4.57 Å². The molecule has 2 heterocycles. The lowest BCUT2D eigenvalue weighted by Gasteiger charge is -2.25. The molecule has 0 saturated heterocycles. The summed E-state index contributed by atoms with van der Waals surface area (Å²) in [4.78, 5) is 31.3. The number of ether oxygens (including phenoxy) is 2. The molecular weight excluding hydrogens is 471 g/mol. The minimum Gasteiger partial charge on any atom is -0.496 e. The molecule has 0 aliphatic carbocycles. The first-order valence-electron chi connectivity index (χ1n) is 9.54. The lowest BCUT2D eigenvalue weighted by atomic mass is 9.95. The Morgan fingerprint density at radius 2 is 1.94 bits per heavy atom. The van der Waals surface area contributed by atoms with Crippen LogP contribution in [0, 0.1) is 0 Å². The average Bonchev–Trinajstić information content (AvgIpc) is 3.08. The Morgan fingerprint density at radius 1 is 1.19 bits per heavy atom. The van der Waals surface area contributed by atoms with Gasteiger partial charge in [0.25, 0.3) is 5.56 Å². The van der Waals surface area contributed by atoms with Crippen molar-refractivity contribution >= 4 is 46.6 Å². The highest BCUT2D eigenvalue weighted by atomic mass is 35.5. The van der Waals surface area contributed by atoms with E-state index in [2.05, 4.69) is 4.99 Å². The Hall–Kier alpha value is -2.87. The number of hydrogen-bond acceptors (Lipinski definition) is 6. The Kier molecular flexibility index (Phi) is 6.24. The van der Waals surface area contributed by atoms with Crippen LogP contribution in [0.1, 0.15) is 24.1 Å². The fourth-order valence-electron chi connectivity index (χ4n) is 3.64. The average molecular weight is 489 g/mol. The topological polar surface area (TPSA) is 69.9 Å². The van der Waals surface area contributed by atoms with Crippen molar-refractivity contribution in [3.05, 3.63) is 94.6 Å². The zero-order valence-electron chi connectivity index (χ0n) is 17.4. The van der Waals surface area contributed by atoms with Crippen molar-refractivity contribution in [3.8, 4) is 5.75 Å². The largest absolute Gasteiger partial charge is 0.496 e. The molecule has 1 aliphatic rings. The third-order valence-corrected chi connectivity index (χ3v) is 6.67. The lowest BCUT2D eigenvalue weighted by Crippen LogP contribution is -2.40. The van der Waals surface area contributed by atoms with E-state index < -0.39 is 12.0 Å². The van der Waals surface area contributed by atoms with Gasteiger partial charge in [-0.15, -0.1) is 0 Å². The van der Waals surface area contributed by atoms with Gasteiger partial charge in [-0.2, -0.15) is 0 Å². The van der Waals surface area contributed by atoms with Crippen molar-refractivity contribution in [2.24, 2.45) is 4.99 Å². The van der Waals surface area contributed by atoms with Gasteiger partial charge >= 0.3 is 5.97 Å². The number of methoxy groups -OCH3 is 2. The van der Waals surface area contributed by atoms with Crippen molar-refractivity contribution < 1.29 is 14.3 Å². The molecule has 0 spiro atoms. The van der Waals surface area contributed by atoms with Gasteiger partial charge in [0.15, 0.2) is 4.80 Å². The van der Waals surface area contributed by atoms with Crippen molar-refractivity contribution in [2.75, 3.05) is 14.2 Å². The standard InChI is InChI=1S/C23H18Cl2N2O4S/c1-12-19(22(29)31-3)20(15-11-14(24)8-9-17(15)30-2)27-21(28)18(32-23(27)26-12)10-13-6-4-5-7-16(13)25/h4-11,20H,1-3H3/b18-10-/t20-/m1/s1. The number of benzene rings is 2. The molecule has 2 aromatic carbocycles. The summed E-state index contributed by atoms with van der Waals surface area (Å²) in [5.74, 6) is -0.102. The fourth-order valence-corrected chi connectivity index (χ4v) is 5.05. The molecule has 0 amide bonds. The van der Waals surface area contributed by atoms with E-state index in [1.54, 1.807) is 37.3 Å². The van der Waals surface area contributed by atoms with E-state index in [-0.39, 0.29) is 11.1 Å². The summed E-state index contributed by atoms with van der Waals surface area (Å²) in [6.45, 7) is 1.71. The van der Waals surface area contributed by atoms with Gasteiger partial charge in [-0.1, -0.05) is 52.7 Å². The summed E-state index contributed by atoms with van der Waals surface area (Å²) in [5, 5.41) is 0.968. The molecule has 1 atom stereocenters. The van der Waals surface area contributed by atoms with Crippen LogP contribution in [0.3, 0.4) is 0 Å². The van der Waals surface area contributed by atoms with E-state index in [9.17, 15) is 9.59 Å². The lowest BCUT2D eigenvalue weighted by molar-refractivity contribution is -0.136. The normalized spacial score (nSPS) is 15.9. The number of esters is 1. The second-order valence-corrected chi connectivity index (χ2v) is 8.83. The van der Waals surface area contributed by atoms with Crippen LogP contribution >= 0.6 is 34.5 Å². The number of allylic oxidation sites excluding steroid dienone is 1. The molecule has 164 valence electrons. The van der Waals surface area contributed by atoms with Crippen molar-refractivity contribution in [2.45, 2.75) is 13.0 Å². The molecule has 4 rings (SSSR count). The summed E-state index contributed by atoms with van der Waals surface area (Å²) in [6, 6.07) is 11.5. The molecule has 0 radical (unpaired) electrons. The minimum atomic E-state index is -0.819. The van der Waals surface area contributed by atoms with E-state index in [4.69, 9.17) is 32.7 Å². The first-order chi connectivity index (χ1) is 15.3. The summed E-state index contributed by atoms with van der Waals surface area (Å²) >= 11 is 13.8. The summed E-state index contributed by atoms with van der Waals surface area (Å²) in [5.41, 5.74) is 1.65. The molecule has 0 saturated carbocycles. The Morgan fingerprint density at radius 3 is 2.62 bits per heavy atom. The summed E-state index contributed by atoms with van der Waals surface area (Å²) in [6.07, 6.45) is 1.72. The van der Waals surface area contributed by atoms with Crippen LogP contribution in [0.4, 0.5) is 0 Å². The zero-order chi connectivity index (χ0) is 23.0. The molecule has 9 heteroatoms. The molecule has 0 unspecified atom stereocenters. The SMILES string of the molecule is COC(=O)C1=C(C)N=c2s/c(=C\c3ccccc3Cl)c(=O)n2[C@@H]1c1cc(Cl)ccc1OC. The number of halogens is 2. The Labute approximate surface area is 197 Å². The fraction of sp³-hybridized carbons (Fsp3) is 0.174. The number of rotatable bonds is 4. The van der Waals surface area contributed by atoms with Crippen LogP contribution in [0.15, 0.2) is 63.5 Å². The quantitative estimate of drug-likeness (QED) is 0.524. The van der Waals surface area contributed by atoms with Gasteiger partial charge in [0.05, 0.1) is 30.0 Å². The summed E-state index contributed by atoms with van der Waals surface area (Å²) in [7, 11) is 2.81. The summed E-state index contributed by atoms with van der Waals surface area (Å²) < 4.78 is 12.4. The predicted molar refractivity (Wildman–Crippen MR) is 125 cm³/mol. The maximum absolute atomic E-state index is 13.6. The third-order valence-electron chi connectivity index (χ3n) is 5.11. The van der Waals surface area contributed by atoms with Gasteiger partial charge < -0.3 is 9.47 Å². The van der Waals surface area contributed by atoms with Crippen LogP contribution in [-0.4, -0.2) is 24.8 Å². The Balaban J connectivity index is 2.05. The monoisotopic (exact) mass is 488 g/mol. The van der Waals surface area contributed by atoms with E-state index in [1.165, 1.54) is 30.1 Å². The number of nitrogens with zero attached hydrogens (tertiary/aromatic N) is 2. The van der Waals surface area contributed by atoms with Crippen LogP contribution < -0.4 is 19.6 Å². The number of carbonyl (C=O) groups is 1. The third kappa shape index (κ3) is 3.88. The molecule has 1 aromatic heterocycles. The first-order valence-corrected chi connectivity index (χ1v) is 11.1. The number of fused-ring (bicyclic) bond motifs is 1. The van der Waals surface area contributed by atoms with Crippen LogP contribution in [0.25, 0.3) is 6.08 Å². The second kappa shape index (κ2) is 8.94.